The molecule has 0 fully saturated rings. The molecule has 0 unspecified atom stereocenters. The Morgan fingerprint density at radius 1 is 1.12 bits per heavy atom. The summed E-state index contributed by atoms with van der Waals surface area (Å²) in [5, 5.41) is 4.29. The zero-order valence-electron chi connectivity index (χ0n) is 12.1. The molecule has 24 heavy (non-hydrogen) atoms. The molecule has 0 saturated heterocycles. The van der Waals surface area contributed by atoms with Gasteiger partial charge in [-0.3, -0.25) is 4.79 Å². The first-order valence-corrected chi connectivity index (χ1v) is 8.65. The zero-order chi connectivity index (χ0) is 16.7. The van der Waals surface area contributed by atoms with Crippen LogP contribution < -0.4 is 10.1 Å². The summed E-state index contributed by atoms with van der Waals surface area (Å²) < 4.78 is 16.3. The second-order valence-electron chi connectivity index (χ2n) is 5.05. The molecule has 0 spiro atoms. The molecule has 0 amide bonds. The normalized spacial score (nSPS) is 12.2. The van der Waals surface area contributed by atoms with Crippen molar-refractivity contribution in [1.82, 2.24) is 14.6 Å². The molecule has 0 aliphatic rings. The predicted molar refractivity (Wildman–Crippen MR) is 95.5 cm³/mol. The summed E-state index contributed by atoms with van der Waals surface area (Å²) in [5.41, 5.74) is 0.877. The van der Waals surface area contributed by atoms with E-state index >= 15 is 0 Å². The van der Waals surface area contributed by atoms with Crippen molar-refractivity contribution >= 4 is 38.3 Å². The summed E-state index contributed by atoms with van der Waals surface area (Å²) in [6.07, 6.45) is 1.52. The van der Waals surface area contributed by atoms with E-state index in [1.54, 1.807) is 18.2 Å². The third-order valence-electron chi connectivity index (χ3n) is 3.49. The molecule has 4 rings (SSSR count). The first kappa shape index (κ1) is 15.2. The van der Waals surface area contributed by atoms with Crippen molar-refractivity contribution < 1.29 is 4.39 Å². The number of halogens is 2. The molecule has 7 heteroatoms. The maximum Gasteiger partial charge on any atom is 0.291 e. The maximum absolute atomic E-state index is 13.7. The Morgan fingerprint density at radius 3 is 2.62 bits per heavy atom. The molecule has 2 aromatic carbocycles. The van der Waals surface area contributed by atoms with E-state index in [1.165, 1.54) is 28.0 Å². The molecule has 4 aromatic rings. The molecule has 118 valence electrons. The van der Waals surface area contributed by atoms with Crippen LogP contribution >= 0.6 is 27.3 Å². The van der Waals surface area contributed by atoms with Gasteiger partial charge in [0.1, 0.15) is 5.82 Å². The Bertz CT molecular complexity index is 1170. The third-order valence-corrected chi connectivity index (χ3v) is 5.14. The second kappa shape index (κ2) is 5.92. The summed E-state index contributed by atoms with van der Waals surface area (Å²) in [6.45, 7) is 0. The van der Waals surface area contributed by atoms with Gasteiger partial charge in [0.15, 0.2) is 5.82 Å². The predicted octanol–water partition coefficient (Wildman–Crippen LogP) is 3.27. The van der Waals surface area contributed by atoms with Crippen molar-refractivity contribution in [2.75, 3.05) is 0 Å². The Hall–Kier alpha value is -2.38. The number of fused-ring (bicyclic) bond motifs is 1. The van der Waals surface area contributed by atoms with Gasteiger partial charge in [0.25, 0.3) is 5.56 Å². The van der Waals surface area contributed by atoms with Gasteiger partial charge in [-0.2, -0.15) is 9.50 Å². The zero-order valence-corrected chi connectivity index (χ0v) is 14.5. The molecule has 0 N–H and O–H groups in total. The fraction of sp³-hybridized carbons (Fsp3) is 0. The SMILES string of the molecule is O=c1c(=Cc2ccccc2F)sc2nc(-c3ccccc3Br)nn12. The summed E-state index contributed by atoms with van der Waals surface area (Å²) in [5.74, 6) is 0.105. The molecule has 0 aliphatic carbocycles. The maximum atomic E-state index is 13.7. The number of hydrogen-bond acceptors (Lipinski definition) is 4. The highest BCUT2D eigenvalue weighted by Crippen LogP contribution is 2.25. The van der Waals surface area contributed by atoms with Crippen LogP contribution in [0.25, 0.3) is 22.4 Å². The molecule has 2 heterocycles. The molecule has 0 saturated carbocycles. The largest absolute Gasteiger partial charge is 0.291 e. The van der Waals surface area contributed by atoms with Crippen molar-refractivity contribution in [1.29, 1.82) is 0 Å². The summed E-state index contributed by atoms with van der Waals surface area (Å²) in [4.78, 5) is 17.4. The lowest BCUT2D eigenvalue weighted by atomic mass is 10.2. The first-order valence-electron chi connectivity index (χ1n) is 7.04. The molecular formula is C17H9BrFN3OS. The minimum Gasteiger partial charge on any atom is -0.266 e. The number of aromatic nitrogens is 3. The highest BCUT2D eigenvalue weighted by Gasteiger charge is 2.13. The highest BCUT2D eigenvalue weighted by molar-refractivity contribution is 9.10. The van der Waals surface area contributed by atoms with Crippen molar-refractivity contribution in [3.05, 3.63) is 79.3 Å². The Kier molecular flexibility index (Phi) is 3.74. The summed E-state index contributed by atoms with van der Waals surface area (Å²) >= 11 is 4.64. The van der Waals surface area contributed by atoms with E-state index in [9.17, 15) is 9.18 Å². The van der Waals surface area contributed by atoms with Gasteiger partial charge in [-0.15, -0.1) is 5.10 Å². The van der Waals surface area contributed by atoms with Crippen LogP contribution in [0, 0.1) is 5.82 Å². The lowest BCUT2D eigenvalue weighted by Crippen LogP contribution is -2.23. The quantitative estimate of drug-likeness (QED) is 0.517. The van der Waals surface area contributed by atoms with Crippen LogP contribution in [-0.2, 0) is 0 Å². The molecule has 4 nitrogen and oxygen atoms in total. The van der Waals surface area contributed by atoms with Gasteiger partial charge in [-0.1, -0.05) is 57.6 Å². The van der Waals surface area contributed by atoms with Gasteiger partial charge in [-0.05, 0) is 24.3 Å². The molecule has 0 aliphatic heterocycles. The minimum absolute atomic E-state index is 0.302. The Morgan fingerprint density at radius 2 is 1.88 bits per heavy atom. The summed E-state index contributed by atoms with van der Waals surface area (Å²) in [7, 11) is 0. The molecule has 0 bridgehead atoms. The molecule has 0 radical (unpaired) electrons. The van der Waals surface area contributed by atoms with E-state index in [0.717, 1.165) is 10.0 Å². The minimum atomic E-state index is -0.371. The first-order chi connectivity index (χ1) is 11.6. The molecule has 2 aromatic heterocycles. The van der Waals surface area contributed by atoms with Crippen LogP contribution in [0.1, 0.15) is 5.56 Å². The van der Waals surface area contributed by atoms with Crippen molar-refractivity contribution in [3.63, 3.8) is 0 Å². The number of hydrogen-bond donors (Lipinski definition) is 0. The van der Waals surface area contributed by atoms with E-state index in [0.29, 0.717) is 20.9 Å². The van der Waals surface area contributed by atoms with Crippen LogP contribution in [0.5, 0.6) is 0 Å². The standard InChI is InChI=1S/C17H9BrFN3OS/c18-12-7-3-2-6-11(12)15-20-17-22(21-15)16(23)14(24-17)9-10-5-1-4-8-13(10)19/h1-9H. The van der Waals surface area contributed by atoms with Crippen LogP contribution in [0.2, 0.25) is 0 Å². The number of benzene rings is 2. The Labute approximate surface area is 148 Å². The van der Waals surface area contributed by atoms with Gasteiger partial charge in [0.05, 0.1) is 4.53 Å². The fourth-order valence-corrected chi connectivity index (χ4v) is 3.68. The van der Waals surface area contributed by atoms with E-state index in [-0.39, 0.29) is 11.4 Å². The van der Waals surface area contributed by atoms with E-state index in [4.69, 9.17) is 0 Å². The molecule has 0 atom stereocenters. The topological polar surface area (TPSA) is 47.3 Å². The van der Waals surface area contributed by atoms with Crippen molar-refractivity contribution in [2.24, 2.45) is 0 Å². The van der Waals surface area contributed by atoms with Crippen LogP contribution in [-0.4, -0.2) is 14.6 Å². The average Bonchev–Trinajstić information content (AvgIpc) is 3.10. The van der Waals surface area contributed by atoms with Crippen LogP contribution in [0.4, 0.5) is 4.39 Å². The van der Waals surface area contributed by atoms with Gasteiger partial charge in [0, 0.05) is 15.6 Å². The van der Waals surface area contributed by atoms with Gasteiger partial charge in [-0.25, -0.2) is 4.39 Å². The average molecular weight is 402 g/mol. The highest BCUT2D eigenvalue weighted by atomic mass is 79.9. The van der Waals surface area contributed by atoms with Crippen LogP contribution in [0.15, 0.2) is 57.8 Å². The van der Waals surface area contributed by atoms with Crippen LogP contribution in [0.3, 0.4) is 0 Å². The van der Waals surface area contributed by atoms with E-state index in [1.807, 2.05) is 24.3 Å². The smallest absolute Gasteiger partial charge is 0.266 e. The molecular weight excluding hydrogens is 393 g/mol. The number of rotatable bonds is 2. The van der Waals surface area contributed by atoms with E-state index < -0.39 is 0 Å². The lowest BCUT2D eigenvalue weighted by molar-refractivity contribution is 0.625. The number of nitrogens with zero attached hydrogens (tertiary/aromatic N) is 3. The lowest BCUT2D eigenvalue weighted by Gasteiger charge is -1.97. The van der Waals surface area contributed by atoms with Gasteiger partial charge in [0.2, 0.25) is 4.96 Å². The number of thiazole rings is 1. The van der Waals surface area contributed by atoms with Gasteiger partial charge < -0.3 is 0 Å². The fourth-order valence-electron chi connectivity index (χ4n) is 2.32. The van der Waals surface area contributed by atoms with E-state index in [2.05, 4.69) is 26.0 Å². The van der Waals surface area contributed by atoms with Crippen molar-refractivity contribution in [3.8, 4) is 11.4 Å². The summed E-state index contributed by atoms with van der Waals surface area (Å²) in [6, 6.07) is 13.9. The van der Waals surface area contributed by atoms with Crippen molar-refractivity contribution in [2.45, 2.75) is 0 Å². The second-order valence-corrected chi connectivity index (χ2v) is 6.91. The Balaban J connectivity index is 1.87. The third kappa shape index (κ3) is 2.55. The van der Waals surface area contributed by atoms with Gasteiger partial charge >= 0.3 is 0 Å². The monoisotopic (exact) mass is 401 g/mol.